The van der Waals surface area contributed by atoms with E-state index >= 15 is 0 Å². The smallest absolute Gasteiger partial charge is 0.0866 e. The van der Waals surface area contributed by atoms with Gasteiger partial charge in [0.2, 0.25) is 0 Å². The number of nitrogens with two attached hydrogens (primary N) is 1. The molecule has 92 valence electrons. The van der Waals surface area contributed by atoms with Gasteiger partial charge in [-0.1, -0.05) is 0 Å². The van der Waals surface area contributed by atoms with E-state index in [1.807, 2.05) is 0 Å². The van der Waals surface area contributed by atoms with Crippen molar-refractivity contribution in [3.05, 3.63) is 20.8 Å². The van der Waals surface area contributed by atoms with Gasteiger partial charge in [0.25, 0.3) is 0 Å². The number of rotatable bonds is 3. The second kappa shape index (κ2) is 5.96. The summed E-state index contributed by atoms with van der Waals surface area (Å²) in [5.41, 5.74) is 7.42. The van der Waals surface area contributed by atoms with Gasteiger partial charge in [0.05, 0.1) is 16.4 Å². The second-order valence-corrected chi connectivity index (χ2v) is 6.97. The van der Waals surface area contributed by atoms with Crippen LogP contribution in [0.5, 0.6) is 0 Å². The molecule has 2 rings (SSSR count). The normalized spacial score (nSPS) is 25.7. The molecule has 3 nitrogen and oxygen atoms in total. The molecule has 2 N–H and O–H groups in total. The molecule has 0 radical (unpaired) electrons. The van der Waals surface area contributed by atoms with Crippen LogP contribution in [0.2, 0.25) is 0 Å². The van der Waals surface area contributed by atoms with Crippen LogP contribution in [-0.2, 0) is 6.42 Å². The van der Waals surface area contributed by atoms with Crippen LogP contribution < -0.4 is 5.73 Å². The van der Waals surface area contributed by atoms with E-state index in [0.29, 0.717) is 12.5 Å². The molecule has 0 bridgehead atoms. The lowest BCUT2D eigenvalue weighted by Crippen LogP contribution is -2.47. The molecule has 17 heavy (non-hydrogen) atoms. The largest absolute Gasteiger partial charge is 0.327 e. The maximum Gasteiger partial charge on any atom is 0.0866 e. The van der Waals surface area contributed by atoms with Gasteiger partial charge < -0.3 is 5.73 Å². The molecule has 1 aliphatic heterocycles. The quantitative estimate of drug-likeness (QED) is 0.871. The Morgan fingerprint density at radius 3 is 3.06 bits per heavy atom. The van der Waals surface area contributed by atoms with E-state index in [1.165, 1.54) is 9.35 Å². The Balaban J connectivity index is 1.94. The van der Waals surface area contributed by atoms with Crippen LogP contribution in [0.15, 0.2) is 15.2 Å². The van der Waals surface area contributed by atoms with Gasteiger partial charge in [-0.3, -0.25) is 4.90 Å². The number of nitrogens with zero attached hydrogens (tertiary/aromatic N) is 2. The summed E-state index contributed by atoms with van der Waals surface area (Å²) in [6, 6.07) is 4.60. The molecule has 1 aliphatic rings. The van der Waals surface area contributed by atoms with E-state index < -0.39 is 0 Å². The van der Waals surface area contributed by atoms with E-state index in [1.54, 1.807) is 11.3 Å². The number of thiophene rings is 1. The Morgan fingerprint density at radius 1 is 1.59 bits per heavy atom. The third kappa shape index (κ3) is 3.78. The lowest BCUT2D eigenvalue weighted by atomic mass is 9.90. The zero-order chi connectivity index (χ0) is 12.3. The highest BCUT2D eigenvalue weighted by Gasteiger charge is 2.25. The van der Waals surface area contributed by atoms with Gasteiger partial charge in [0.15, 0.2) is 0 Å². The molecule has 2 heterocycles. The summed E-state index contributed by atoms with van der Waals surface area (Å²) < 4.78 is 1.18. The molecule has 0 saturated carbocycles. The molecule has 0 aromatic carbocycles. The summed E-state index contributed by atoms with van der Waals surface area (Å²) in [5, 5.41) is 10.9. The van der Waals surface area contributed by atoms with Crippen LogP contribution in [0.3, 0.4) is 0 Å². The fraction of sp³-hybridized carbons (Fsp3) is 0.583. The fourth-order valence-electron chi connectivity index (χ4n) is 2.51. The minimum atomic E-state index is 0.212. The molecule has 2 atom stereocenters. The minimum Gasteiger partial charge on any atom is -0.327 e. The molecule has 0 aliphatic carbocycles. The van der Waals surface area contributed by atoms with E-state index in [2.05, 4.69) is 38.3 Å². The molecule has 1 saturated heterocycles. The van der Waals surface area contributed by atoms with Crippen molar-refractivity contribution in [2.45, 2.75) is 18.9 Å². The zero-order valence-electron chi connectivity index (χ0n) is 9.60. The average Bonchev–Trinajstić information content (AvgIpc) is 2.63. The summed E-state index contributed by atoms with van der Waals surface area (Å²) in [6.45, 7) is 2.35. The lowest BCUT2D eigenvalue weighted by Gasteiger charge is -2.34. The Bertz CT molecular complexity index is 412. The number of likely N-dealkylation sites (tertiary alicyclic amines) is 1. The summed E-state index contributed by atoms with van der Waals surface area (Å²) in [7, 11) is 0. The number of nitriles is 1. The van der Waals surface area contributed by atoms with Gasteiger partial charge in [-0.25, -0.2) is 0 Å². The van der Waals surface area contributed by atoms with E-state index in [0.717, 1.165) is 25.9 Å². The molecule has 1 fully saturated rings. The van der Waals surface area contributed by atoms with Crippen LogP contribution in [0, 0.1) is 17.2 Å². The molecule has 2 unspecified atom stereocenters. The number of hydrogen-bond donors (Lipinski definition) is 1. The Kier molecular flexibility index (Phi) is 4.57. The predicted octanol–water partition coefficient (Wildman–Crippen LogP) is 2.23. The number of piperidine rings is 1. The fourth-order valence-corrected chi connectivity index (χ4v) is 3.73. The zero-order valence-corrected chi connectivity index (χ0v) is 12.0. The van der Waals surface area contributed by atoms with Crippen molar-refractivity contribution in [1.82, 2.24) is 4.90 Å². The first-order valence-electron chi connectivity index (χ1n) is 5.75. The van der Waals surface area contributed by atoms with E-state index in [4.69, 9.17) is 11.0 Å². The first-order chi connectivity index (χ1) is 8.17. The van der Waals surface area contributed by atoms with E-state index in [9.17, 15) is 0 Å². The molecule has 5 heteroatoms. The van der Waals surface area contributed by atoms with Gasteiger partial charge in [0, 0.05) is 19.1 Å². The molecule has 0 spiro atoms. The highest BCUT2D eigenvalue weighted by molar-refractivity contribution is 9.11. The summed E-state index contributed by atoms with van der Waals surface area (Å²) in [4.78, 5) is 2.17. The van der Waals surface area contributed by atoms with Crippen molar-refractivity contribution in [3.8, 4) is 6.07 Å². The topological polar surface area (TPSA) is 53.0 Å². The van der Waals surface area contributed by atoms with Crippen LogP contribution in [0.25, 0.3) is 0 Å². The molecule has 1 aromatic rings. The SMILES string of the molecule is N#CCN1CC(N)CC(Cc2csc(Br)c2)C1. The first kappa shape index (κ1) is 13.0. The van der Waals surface area contributed by atoms with Gasteiger partial charge in [-0.05, 0) is 51.7 Å². The molecule has 0 amide bonds. The van der Waals surface area contributed by atoms with Crippen LogP contribution in [0.1, 0.15) is 12.0 Å². The Morgan fingerprint density at radius 2 is 2.41 bits per heavy atom. The average molecular weight is 314 g/mol. The maximum absolute atomic E-state index is 8.75. The number of hydrogen-bond acceptors (Lipinski definition) is 4. The number of halogens is 1. The van der Waals surface area contributed by atoms with Crippen molar-refractivity contribution in [2.75, 3.05) is 19.6 Å². The monoisotopic (exact) mass is 313 g/mol. The second-order valence-electron chi connectivity index (χ2n) is 4.68. The van der Waals surface area contributed by atoms with E-state index in [-0.39, 0.29) is 6.04 Å². The van der Waals surface area contributed by atoms with Gasteiger partial charge in [-0.2, -0.15) is 5.26 Å². The minimum absolute atomic E-state index is 0.212. The summed E-state index contributed by atoms with van der Waals surface area (Å²) in [6.07, 6.45) is 2.13. The van der Waals surface area contributed by atoms with Crippen LogP contribution >= 0.6 is 27.3 Å². The van der Waals surface area contributed by atoms with Gasteiger partial charge in [0.1, 0.15) is 0 Å². The van der Waals surface area contributed by atoms with Crippen LogP contribution in [0.4, 0.5) is 0 Å². The summed E-state index contributed by atoms with van der Waals surface area (Å²) >= 11 is 5.21. The van der Waals surface area contributed by atoms with Crippen molar-refractivity contribution in [2.24, 2.45) is 11.7 Å². The molecule has 1 aromatic heterocycles. The highest BCUT2D eigenvalue weighted by atomic mass is 79.9. The predicted molar refractivity (Wildman–Crippen MR) is 73.9 cm³/mol. The lowest BCUT2D eigenvalue weighted by molar-refractivity contribution is 0.172. The van der Waals surface area contributed by atoms with Crippen molar-refractivity contribution >= 4 is 27.3 Å². The Labute approximate surface area is 114 Å². The molecular weight excluding hydrogens is 298 g/mol. The van der Waals surface area contributed by atoms with Crippen molar-refractivity contribution < 1.29 is 0 Å². The van der Waals surface area contributed by atoms with Crippen LogP contribution in [-0.4, -0.2) is 30.6 Å². The standard InChI is InChI=1S/C12H16BrN3S/c13-12-5-10(8-17-12)3-9-4-11(15)7-16(6-9)2-1-14/h5,8-9,11H,2-4,6-7,15H2. The van der Waals surface area contributed by atoms with Crippen molar-refractivity contribution in [3.63, 3.8) is 0 Å². The maximum atomic E-state index is 8.75. The highest BCUT2D eigenvalue weighted by Crippen LogP contribution is 2.25. The van der Waals surface area contributed by atoms with Gasteiger partial charge in [-0.15, -0.1) is 11.3 Å². The Hall–Kier alpha value is -0.410. The van der Waals surface area contributed by atoms with Gasteiger partial charge >= 0.3 is 0 Å². The molecular formula is C12H16BrN3S. The third-order valence-electron chi connectivity index (χ3n) is 3.09. The first-order valence-corrected chi connectivity index (χ1v) is 7.42. The van der Waals surface area contributed by atoms with Crippen molar-refractivity contribution in [1.29, 1.82) is 5.26 Å². The third-order valence-corrected chi connectivity index (χ3v) is 4.64. The summed E-state index contributed by atoms with van der Waals surface area (Å²) in [5.74, 6) is 0.577.